The van der Waals surface area contributed by atoms with Gasteiger partial charge in [0.2, 0.25) is 0 Å². The van der Waals surface area contributed by atoms with Gasteiger partial charge in [-0.1, -0.05) is 18.2 Å². The van der Waals surface area contributed by atoms with Crippen molar-refractivity contribution in [1.82, 2.24) is 9.78 Å². The molecule has 1 aromatic carbocycles. The number of aromatic nitrogens is 2. The van der Waals surface area contributed by atoms with Gasteiger partial charge < -0.3 is 5.73 Å². The van der Waals surface area contributed by atoms with Gasteiger partial charge in [0.05, 0.1) is 17.6 Å². The molecule has 0 bridgehead atoms. The smallest absolute Gasteiger partial charge is 0.185 e. The first-order chi connectivity index (χ1) is 6.81. The molecule has 0 amide bonds. The maximum atomic E-state index is 8.67. The molecule has 0 spiro atoms. The molecule has 0 unspecified atom stereocenters. The standard InChI is InChI=1S/C10H8N4/c11-6-10-9(12)7-14(13-10)8-4-2-1-3-5-8/h1-5,7H,12H2. The predicted octanol–water partition coefficient (Wildman–Crippen LogP) is 1.33. The first-order valence-corrected chi connectivity index (χ1v) is 4.12. The minimum absolute atomic E-state index is 0.258. The Morgan fingerprint density at radius 2 is 2.00 bits per heavy atom. The normalized spacial score (nSPS) is 9.64. The van der Waals surface area contributed by atoms with Crippen molar-refractivity contribution in [2.75, 3.05) is 5.73 Å². The molecule has 2 N–H and O–H groups in total. The van der Waals surface area contributed by atoms with Crippen LogP contribution in [0.1, 0.15) is 5.69 Å². The molecule has 68 valence electrons. The van der Waals surface area contributed by atoms with Crippen LogP contribution >= 0.6 is 0 Å². The zero-order valence-corrected chi connectivity index (χ0v) is 7.38. The first kappa shape index (κ1) is 8.32. The third-order valence-electron chi connectivity index (χ3n) is 1.87. The van der Waals surface area contributed by atoms with Gasteiger partial charge in [-0.05, 0) is 12.1 Å². The summed E-state index contributed by atoms with van der Waals surface area (Å²) in [5, 5.41) is 12.7. The second kappa shape index (κ2) is 3.23. The van der Waals surface area contributed by atoms with E-state index in [1.807, 2.05) is 36.4 Å². The number of nitriles is 1. The number of benzene rings is 1. The lowest BCUT2D eigenvalue weighted by Gasteiger charge is -1.97. The van der Waals surface area contributed by atoms with Crippen molar-refractivity contribution in [1.29, 1.82) is 5.26 Å². The summed E-state index contributed by atoms with van der Waals surface area (Å²) in [5.41, 5.74) is 7.13. The Hall–Kier alpha value is -2.28. The largest absolute Gasteiger partial charge is 0.395 e. The first-order valence-electron chi connectivity index (χ1n) is 4.12. The van der Waals surface area contributed by atoms with Gasteiger partial charge in [0.15, 0.2) is 5.69 Å². The van der Waals surface area contributed by atoms with E-state index in [-0.39, 0.29) is 5.69 Å². The van der Waals surface area contributed by atoms with Crippen LogP contribution in [-0.4, -0.2) is 9.78 Å². The number of hydrogen-bond donors (Lipinski definition) is 1. The summed E-state index contributed by atoms with van der Waals surface area (Å²) in [6.45, 7) is 0. The van der Waals surface area contributed by atoms with E-state index in [4.69, 9.17) is 11.0 Å². The highest BCUT2D eigenvalue weighted by atomic mass is 15.3. The zero-order chi connectivity index (χ0) is 9.97. The van der Waals surface area contributed by atoms with E-state index in [1.54, 1.807) is 10.9 Å². The predicted molar refractivity (Wildman–Crippen MR) is 52.7 cm³/mol. The van der Waals surface area contributed by atoms with E-state index in [0.29, 0.717) is 5.69 Å². The molecular formula is C10H8N4. The Bertz CT molecular complexity index is 479. The fourth-order valence-corrected chi connectivity index (χ4v) is 1.19. The number of para-hydroxylation sites is 1. The van der Waals surface area contributed by atoms with Crippen molar-refractivity contribution in [3.05, 3.63) is 42.2 Å². The molecule has 2 rings (SSSR count). The van der Waals surface area contributed by atoms with E-state index in [2.05, 4.69) is 5.10 Å². The quantitative estimate of drug-likeness (QED) is 0.726. The van der Waals surface area contributed by atoms with Gasteiger partial charge in [0.25, 0.3) is 0 Å². The fraction of sp³-hybridized carbons (Fsp3) is 0. The number of nitrogens with two attached hydrogens (primary N) is 1. The lowest BCUT2D eigenvalue weighted by Crippen LogP contribution is -1.93. The minimum Gasteiger partial charge on any atom is -0.395 e. The van der Waals surface area contributed by atoms with Crippen molar-refractivity contribution in [2.45, 2.75) is 0 Å². The molecule has 2 aromatic rings. The Kier molecular flexibility index (Phi) is 1.92. The molecule has 4 heteroatoms. The highest BCUT2D eigenvalue weighted by Crippen LogP contribution is 2.12. The van der Waals surface area contributed by atoms with Crippen molar-refractivity contribution in [3.8, 4) is 11.8 Å². The maximum absolute atomic E-state index is 8.67. The van der Waals surface area contributed by atoms with Crippen LogP contribution in [0.5, 0.6) is 0 Å². The van der Waals surface area contributed by atoms with Crippen molar-refractivity contribution in [3.63, 3.8) is 0 Å². The maximum Gasteiger partial charge on any atom is 0.185 e. The Labute approximate surface area is 81.2 Å². The van der Waals surface area contributed by atoms with Crippen molar-refractivity contribution in [2.24, 2.45) is 0 Å². The molecule has 0 fully saturated rings. The lowest BCUT2D eigenvalue weighted by atomic mass is 10.3. The topological polar surface area (TPSA) is 67.6 Å². The van der Waals surface area contributed by atoms with Crippen molar-refractivity contribution >= 4 is 5.69 Å². The molecule has 0 saturated carbocycles. The summed E-state index contributed by atoms with van der Waals surface area (Å²) in [7, 11) is 0. The second-order valence-electron chi connectivity index (χ2n) is 2.82. The van der Waals surface area contributed by atoms with Crippen LogP contribution in [0.25, 0.3) is 5.69 Å². The van der Waals surface area contributed by atoms with Crippen LogP contribution < -0.4 is 5.73 Å². The SMILES string of the molecule is N#Cc1nn(-c2ccccc2)cc1N. The van der Waals surface area contributed by atoms with Crippen LogP contribution in [-0.2, 0) is 0 Å². The summed E-state index contributed by atoms with van der Waals surface area (Å²) in [4.78, 5) is 0. The van der Waals surface area contributed by atoms with Gasteiger partial charge in [-0.3, -0.25) is 0 Å². The monoisotopic (exact) mass is 184 g/mol. The third kappa shape index (κ3) is 1.31. The number of rotatable bonds is 1. The molecule has 0 radical (unpaired) electrons. The third-order valence-corrected chi connectivity index (χ3v) is 1.87. The van der Waals surface area contributed by atoms with Crippen LogP contribution in [0, 0.1) is 11.3 Å². The molecule has 0 aliphatic carbocycles. The van der Waals surface area contributed by atoms with Gasteiger partial charge >= 0.3 is 0 Å². The van der Waals surface area contributed by atoms with Crippen molar-refractivity contribution < 1.29 is 0 Å². The molecule has 0 saturated heterocycles. The average Bonchev–Trinajstić information content (AvgIpc) is 2.61. The van der Waals surface area contributed by atoms with Gasteiger partial charge in [-0.15, -0.1) is 0 Å². The number of anilines is 1. The highest BCUT2D eigenvalue weighted by molar-refractivity contribution is 5.50. The summed E-state index contributed by atoms with van der Waals surface area (Å²) in [5.74, 6) is 0. The summed E-state index contributed by atoms with van der Waals surface area (Å²) < 4.78 is 1.59. The second-order valence-corrected chi connectivity index (χ2v) is 2.82. The summed E-state index contributed by atoms with van der Waals surface area (Å²) in [6.07, 6.45) is 1.63. The molecule has 0 aliphatic rings. The van der Waals surface area contributed by atoms with Crippen LogP contribution in [0.4, 0.5) is 5.69 Å². The molecule has 0 aliphatic heterocycles. The highest BCUT2D eigenvalue weighted by Gasteiger charge is 2.04. The average molecular weight is 184 g/mol. The molecule has 4 nitrogen and oxygen atoms in total. The Balaban J connectivity index is 2.50. The minimum atomic E-state index is 0.258. The van der Waals surface area contributed by atoms with E-state index in [1.165, 1.54) is 0 Å². The Morgan fingerprint density at radius 1 is 1.29 bits per heavy atom. The molecule has 0 atom stereocenters. The number of hydrogen-bond acceptors (Lipinski definition) is 3. The number of nitrogen functional groups attached to an aromatic ring is 1. The van der Waals surface area contributed by atoms with Gasteiger partial charge in [-0.2, -0.15) is 10.4 Å². The van der Waals surface area contributed by atoms with Crippen LogP contribution in [0.15, 0.2) is 36.5 Å². The molecule has 14 heavy (non-hydrogen) atoms. The van der Waals surface area contributed by atoms with E-state index >= 15 is 0 Å². The fourth-order valence-electron chi connectivity index (χ4n) is 1.19. The van der Waals surface area contributed by atoms with Gasteiger partial charge in [-0.25, -0.2) is 4.68 Å². The van der Waals surface area contributed by atoms with E-state index in [0.717, 1.165) is 5.69 Å². The summed E-state index contributed by atoms with van der Waals surface area (Å²) in [6, 6.07) is 11.4. The Morgan fingerprint density at radius 3 is 2.57 bits per heavy atom. The lowest BCUT2D eigenvalue weighted by molar-refractivity contribution is 0.873. The van der Waals surface area contributed by atoms with E-state index < -0.39 is 0 Å². The summed E-state index contributed by atoms with van der Waals surface area (Å²) >= 11 is 0. The molecular weight excluding hydrogens is 176 g/mol. The van der Waals surface area contributed by atoms with Gasteiger partial charge in [0, 0.05) is 0 Å². The van der Waals surface area contributed by atoms with Gasteiger partial charge in [0.1, 0.15) is 6.07 Å². The molecule has 1 aromatic heterocycles. The number of nitrogens with zero attached hydrogens (tertiary/aromatic N) is 3. The molecule has 1 heterocycles. The van der Waals surface area contributed by atoms with E-state index in [9.17, 15) is 0 Å². The van der Waals surface area contributed by atoms with Crippen LogP contribution in [0.3, 0.4) is 0 Å². The van der Waals surface area contributed by atoms with Crippen LogP contribution in [0.2, 0.25) is 0 Å². The zero-order valence-electron chi connectivity index (χ0n) is 7.38.